The summed E-state index contributed by atoms with van der Waals surface area (Å²) in [6.45, 7) is 3.52. The molecule has 0 bridgehead atoms. The quantitative estimate of drug-likeness (QED) is 0.754. The molecule has 0 aromatic heterocycles. The number of halogens is 1. The monoisotopic (exact) mass is 222 g/mol. The predicted octanol–water partition coefficient (Wildman–Crippen LogP) is 2.33. The average molecular weight is 222 g/mol. The molecule has 0 unspecified atom stereocenters. The molecule has 0 heterocycles. The van der Waals surface area contributed by atoms with E-state index in [4.69, 9.17) is 11.6 Å². The van der Waals surface area contributed by atoms with Crippen molar-refractivity contribution in [2.45, 2.75) is 25.1 Å². The maximum atomic E-state index is 9.81. The van der Waals surface area contributed by atoms with Crippen LogP contribution in [0.5, 0.6) is 5.75 Å². The van der Waals surface area contributed by atoms with E-state index in [1.807, 2.05) is 12.9 Å². The van der Waals surface area contributed by atoms with Crippen molar-refractivity contribution in [3.63, 3.8) is 0 Å². The third kappa shape index (κ3) is 1.65. The molecule has 78 valence electrons. The zero-order valence-electron chi connectivity index (χ0n) is 8.50. The Bertz CT molecular complexity index is 425. The van der Waals surface area contributed by atoms with Crippen LogP contribution >= 0.6 is 11.6 Å². The van der Waals surface area contributed by atoms with Gasteiger partial charge in [-0.25, -0.2) is 0 Å². The van der Waals surface area contributed by atoms with Gasteiger partial charge in [0.1, 0.15) is 0 Å². The first kappa shape index (κ1) is 10.6. The molecule has 1 fully saturated rings. The van der Waals surface area contributed by atoms with Crippen molar-refractivity contribution in [1.82, 2.24) is 0 Å². The van der Waals surface area contributed by atoms with Gasteiger partial charge in [-0.15, -0.1) is 0 Å². The molecule has 0 saturated heterocycles. The average Bonchev–Trinajstić information content (AvgIpc) is 3.02. The fraction of sp³-hybridized carbons (Fsp3) is 0.364. The molecule has 1 aromatic carbocycles. The van der Waals surface area contributed by atoms with Crippen molar-refractivity contribution in [2.24, 2.45) is 0 Å². The van der Waals surface area contributed by atoms with Gasteiger partial charge in [-0.05, 0) is 0 Å². The zero-order chi connectivity index (χ0) is 11.1. The molecule has 1 saturated carbocycles. The minimum atomic E-state index is -0.267. The first-order valence-electron chi connectivity index (χ1n) is 4.95. The molecular formula is C11H12BClO2. The molecule has 1 aliphatic rings. The van der Waals surface area contributed by atoms with E-state index >= 15 is 0 Å². The summed E-state index contributed by atoms with van der Waals surface area (Å²) in [5, 5.41) is 19.7. The number of aliphatic hydroxyl groups excluding tert-OH is 1. The number of hydrogen-bond donors (Lipinski definition) is 2. The Labute approximate surface area is 94.4 Å². The van der Waals surface area contributed by atoms with E-state index in [0.717, 1.165) is 18.4 Å². The van der Waals surface area contributed by atoms with Crippen LogP contribution in [0.1, 0.15) is 18.4 Å². The van der Waals surface area contributed by atoms with Crippen LogP contribution in [0.4, 0.5) is 0 Å². The second-order valence-electron chi connectivity index (χ2n) is 3.92. The minimum absolute atomic E-state index is 0.0735. The summed E-state index contributed by atoms with van der Waals surface area (Å²) in [7, 11) is 0. The van der Waals surface area contributed by atoms with E-state index in [-0.39, 0.29) is 11.2 Å². The maximum absolute atomic E-state index is 9.81. The molecule has 1 aromatic rings. The van der Waals surface area contributed by atoms with Gasteiger partial charge in [-0.3, -0.25) is 0 Å². The fourth-order valence-electron chi connectivity index (χ4n) is 1.90. The van der Waals surface area contributed by atoms with Crippen molar-refractivity contribution in [2.75, 3.05) is 0 Å². The van der Waals surface area contributed by atoms with Crippen LogP contribution in [0.25, 0.3) is 0 Å². The summed E-state index contributed by atoms with van der Waals surface area (Å²) in [6, 6.07) is 5.15. The summed E-state index contributed by atoms with van der Waals surface area (Å²) in [4.78, 5) is 0. The van der Waals surface area contributed by atoms with Crippen molar-refractivity contribution in [3.05, 3.63) is 28.8 Å². The molecule has 0 aliphatic heterocycles. The van der Waals surface area contributed by atoms with Crippen molar-refractivity contribution < 1.29 is 10.2 Å². The molecule has 1 aliphatic carbocycles. The molecule has 2 nitrogen and oxygen atoms in total. The first-order valence-corrected chi connectivity index (χ1v) is 5.33. The number of rotatable bonds is 2. The number of benzene rings is 1. The molecule has 2 rings (SSSR count). The number of phenolic OH excluding ortho intramolecular Hbond substituents is 1. The van der Waals surface area contributed by atoms with E-state index in [1.165, 1.54) is 0 Å². The van der Waals surface area contributed by atoms with Crippen LogP contribution in [0, 0.1) is 0 Å². The van der Waals surface area contributed by atoms with E-state index < -0.39 is 0 Å². The molecule has 15 heavy (non-hydrogen) atoms. The Morgan fingerprint density at radius 2 is 2.13 bits per heavy atom. The van der Waals surface area contributed by atoms with Gasteiger partial charge >= 0.3 is 94.0 Å². The Morgan fingerprint density at radius 3 is 2.60 bits per heavy atom. The van der Waals surface area contributed by atoms with Gasteiger partial charge in [0.25, 0.3) is 0 Å². The summed E-state index contributed by atoms with van der Waals surface area (Å²) in [5.74, 6) is 0.0735. The van der Waals surface area contributed by atoms with Crippen molar-refractivity contribution in [1.29, 1.82) is 0 Å². The van der Waals surface area contributed by atoms with Gasteiger partial charge in [-0.2, -0.15) is 0 Å². The van der Waals surface area contributed by atoms with Crippen LogP contribution in [0.15, 0.2) is 18.2 Å². The van der Waals surface area contributed by atoms with Gasteiger partial charge in [0.05, 0.1) is 0 Å². The molecule has 2 N–H and O–H groups in total. The fourth-order valence-corrected chi connectivity index (χ4v) is 2.02. The Morgan fingerprint density at radius 1 is 1.47 bits per heavy atom. The summed E-state index contributed by atoms with van der Waals surface area (Å²) >= 11 is 5.74. The van der Waals surface area contributed by atoms with Gasteiger partial charge < -0.3 is 0 Å². The third-order valence-electron chi connectivity index (χ3n) is 3.01. The number of phenols is 1. The Kier molecular flexibility index (Phi) is 2.51. The van der Waals surface area contributed by atoms with E-state index in [0.29, 0.717) is 10.7 Å². The van der Waals surface area contributed by atoms with E-state index in [1.54, 1.807) is 19.1 Å². The van der Waals surface area contributed by atoms with Crippen LogP contribution in [-0.4, -0.2) is 22.8 Å². The molecule has 0 radical (unpaired) electrons. The predicted molar refractivity (Wildman–Crippen MR) is 62.6 cm³/mol. The third-order valence-corrected chi connectivity index (χ3v) is 3.33. The second-order valence-corrected chi connectivity index (χ2v) is 4.33. The summed E-state index contributed by atoms with van der Waals surface area (Å²) in [6.07, 6.45) is 1.84. The Balaban J connectivity index is 2.42. The van der Waals surface area contributed by atoms with Crippen LogP contribution < -0.4 is 0 Å². The number of aliphatic hydroxyl groups is 1. The van der Waals surface area contributed by atoms with Gasteiger partial charge in [-0.1, -0.05) is 0 Å². The molecule has 0 amide bonds. The topological polar surface area (TPSA) is 40.5 Å². The molecule has 0 atom stereocenters. The van der Waals surface area contributed by atoms with Gasteiger partial charge in [0.2, 0.25) is 0 Å². The van der Waals surface area contributed by atoms with Gasteiger partial charge in [0.15, 0.2) is 0 Å². The summed E-state index contributed by atoms with van der Waals surface area (Å²) in [5.41, 5.74) is 1.04. The standard InChI is InChI=1S/C11H12BClO2/c1-12-10(15)11(4-5-11)7-2-3-8(13)9(14)6-7/h2-3,6,14-15H,4-5H2,1H3. The Hall–Kier alpha value is -0.955. The summed E-state index contributed by atoms with van der Waals surface area (Å²) < 4.78 is 0. The zero-order valence-corrected chi connectivity index (χ0v) is 9.25. The molecular weight excluding hydrogens is 210 g/mol. The van der Waals surface area contributed by atoms with E-state index in [2.05, 4.69) is 0 Å². The number of aromatic hydroxyl groups is 1. The number of hydrogen-bond acceptors (Lipinski definition) is 2. The van der Waals surface area contributed by atoms with Gasteiger partial charge in [0, 0.05) is 0 Å². The van der Waals surface area contributed by atoms with Crippen molar-refractivity contribution >= 4 is 24.2 Å². The molecule has 0 spiro atoms. The van der Waals surface area contributed by atoms with Crippen LogP contribution in [0.2, 0.25) is 11.8 Å². The SMILES string of the molecule is CB=C(O)C1(c2ccc(Cl)c(O)c2)CC1. The normalized spacial score (nSPS) is 18.4. The first-order chi connectivity index (χ1) is 7.10. The second kappa shape index (κ2) is 3.56. The van der Waals surface area contributed by atoms with E-state index in [9.17, 15) is 10.2 Å². The molecule has 4 heteroatoms. The van der Waals surface area contributed by atoms with Crippen molar-refractivity contribution in [3.8, 4) is 5.75 Å². The van der Waals surface area contributed by atoms with Crippen LogP contribution in [-0.2, 0) is 5.41 Å². The van der Waals surface area contributed by atoms with Crippen LogP contribution in [0.3, 0.4) is 0 Å².